The summed E-state index contributed by atoms with van der Waals surface area (Å²) >= 11 is 0. The number of hydrogen-bond donors (Lipinski definition) is 8. The lowest BCUT2D eigenvalue weighted by molar-refractivity contribution is -0.142. The number of amides is 4. The molecule has 4 unspecified atom stereocenters. The van der Waals surface area contributed by atoms with Crippen LogP contribution in [0.3, 0.4) is 0 Å². The fourth-order valence-corrected chi connectivity index (χ4v) is 3.40. The molecule has 2 aromatic carbocycles. The van der Waals surface area contributed by atoms with E-state index >= 15 is 0 Å². The number of nitrogens with two attached hydrogens (primary N) is 2. The zero-order chi connectivity index (χ0) is 28.4. The van der Waals surface area contributed by atoms with Crippen LogP contribution in [-0.2, 0) is 36.8 Å². The molecule has 2 aromatic rings. The van der Waals surface area contributed by atoms with Gasteiger partial charge in [0.1, 0.15) is 29.6 Å². The Balaban J connectivity index is 2.28. The van der Waals surface area contributed by atoms with Gasteiger partial charge in [0.15, 0.2) is 0 Å². The van der Waals surface area contributed by atoms with Gasteiger partial charge in [-0.05, 0) is 42.3 Å². The Kier molecular flexibility index (Phi) is 10.6. The quantitative estimate of drug-likeness (QED) is 0.153. The number of primary amides is 1. The number of phenolic OH excluding ortho intramolecular Hbond substituents is 2. The summed E-state index contributed by atoms with van der Waals surface area (Å²) in [6, 6.07) is 6.35. The monoisotopic (exact) mass is 529 g/mol. The van der Waals surface area contributed by atoms with Crippen molar-refractivity contribution < 1.29 is 39.3 Å². The van der Waals surface area contributed by atoms with Crippen LogP contribution in [0.4, 0.5) is 0 Å². The second-order valence-corrected chi connectivity index (χ2v) is 8.72. The SMILES string of the molecule is CC(N)C(=O)NC(CC(N)=O)C(=O)NC(Cc1ccc(O)cc1)C(=O)NC(Cc1ccc(O)cc1)C(=O)O. The summed E-state index contributed by atoms with van der Waals surface area (Å²) in [5, 5.41) is 35.8. The summed E-state index contributed by atoms with van der Waals surface area (Å²) in [5.41, 5.74) is 11.8. The third-order valence-electron chi connectivity index (χ3n) is 5.45. The third kappa shape index (κ3) is 9.43. The van der Waals surface area contributed by atoms with Gasteiger partial charge in [-0.15, -0.1) is 0 Å². The molecule has 0 fully saturated rings. The predicted molar refractivity (Wildman–Crippen MR) is 135 cm³/mol. The molecule has 38 heavy (non-hydrogen) atoms. The molecule has 4 atom stereocenters. The van der Waals surface area contributed by atoms with Gasteiger partial charge in [0.05, 0.1) is 12.5 Å². The lowest BCUT2D eigenvalue weighted by Crippen LogP contribution is -2.58. The largest absolute Gasteiger partial charge is 0.508 e. The molecule has 0 aliphatic carbocycles. The summed E-state index contributed by atoms with van der Waals surface area (Å²) in [5.74, 6) is -4.77. The first-order valence-electron chi connectivity index (χ1n) is 11.6. The molecule has 2 rings (SSSR count). The highest BCUT2D eigenvalue weighted by atomic mass is 16.4. The number of hydrogen-bond acceptors (Lipinski definition) is 8. The molecule has 0 spiro atoms. The summed E-state index contributed by atoms with van der Waals surface area (Å²) < 4.78 is 0. The van der Waals surface area contributed by atoms with Gasteiger partial charge < -0.3 is 42.7 Å². The van der Waals surface area contributed by atoms with Crippen molar-refractivity contribution in [3.05, 3.63) is 59.7 Å². The molecule has 0 heterocycles. The van der Waals surface area contributed by atoms with Crippen LogP contribution >= 0.6 is 0 Å². The van der Waals surface area contributed by atoms with Crippen LogP contribution in [0.1, 0.15) is 24.5 Å². The maximum absolute atomic E-state index is 13.2. The van der Waals surface area contributed by atoms with Crippen molar-refractivity contribution in [3.8, 4) is 11.5 Å². The number of carboxylic acids is 1. The number of carbonyl (C=O) groups excluding carboxylic acids is 4. The summed E-state index contributed by atoms with van der Waals surface area (Å²) in [7, 11) is 0. The van der Waals surface area contributed by atoms with Crippen LogP contribution in [0.2, 0.25) is 0 Å². The van der Waals surface area contributed by atoms with Crippen molar-refractivity contribution in [2.45, 2.75) is 50.4 Å². The van der Waals surface area contributed by atoms with E-state index in [4.69, 9.17) is 11.5 Å². The number of benzene rings is 2. The Morgan fingerprint density at radius 1 is 0.711 bits per heavy atom. The molecule has 0 aliphatic rings. The number of carboxylic acid groups (broad SMARTS) is 1. The van der Waals surface area contributed by atoms with Crippen LogP contribution in [-0.4, -0.2) is 69.1 Å². The second-order valence-electron chi connectivity index (χ2n) is 8.72. The molecule has 13 nitrogen and oxygen atoms in total. The van der Waals surface area contributed by atoms with Gasteiger partial charge in [-0.25, -0.2) is 4.79 Å². The fourth-order valence-electron chi connectivity index (χ4n) is 3.40. The maximum atomic E-state index is 13.2. The number of aliphatic carboxylic acids is 1. The number of phenols is 2. The Hall–Kier alpha value is -4.65. The van der Waals surface area contributed by atoms with E-state index < -0.39 is 60.2 Å². The Morgan fingerprint density at radius 2 is 1.11 bits per heavy atom. The van der Waals surface area contributed by atoms with E-state index in [0.29, 0.717) is 11.1 Å². The van der Waals surface area contributed by atoms with Crippen molar-refractivity contribution >= 4 is 29.6 Å². The number of aromatic hydroxyl groups is 2. The van der Waals surface area contributed by atoms with Crippen LogP contribution in [0.5, 0.6) is 11.5 Å². The van der Waals surface area contributed by atoms with E-state index in [1.807, 2.05) is 0 Å². The Bertz CT molecular complexity index is 1150. The second kappa shape index (κ2) is 13.6. The fraction of sp³-hybridized carbons (Fsp3) is 0.320. The first-order valence-corrected chi connectivity index (χ1v) is 11.6. The van der Waals surface area contributed by atoms with E-state index in [9.17, 15) is 39.3 Å². The van der Waals surface area contributed by atoms with Crippen molar-refractivity contribution in [3.63, 3.8) is 0 Å². The number of carbonyl (C=O) groups is 5. The highest BCUT2D eigenvalue weighted by Gasteiger charge is 2.31. The minimum atomic E-state index is -1.44. The molecular weight excluding hydrogens is 498 g/mol. The van der Waals surface area contributed by atoms with E-state index in [2.05, 4.69) is 16.0 Å². The minimum absolute atomic E-state index is 0.0111. The van der Waals surface area contributed by atoms with Gasteiger partial charge >= 0.3 is 5.97 Å². The topological polar surface area (TPSA) is 234 Å². The normalized spacial score (nSPS) is 13.8. The van der Waals surface area contributed by atoms with Crippen LogP contribution < -0.4 is 27.4 Å². The smallest absolute Gasteiger partial charge is 0.326 e. The lowest BCUT2D eigenvalue weighted by atomic mass is 10.0. The first-order chi connectivity index (χ1) is 17.8. The van der Waals surface area contributed by atoms with E-state index in [1.165, 1.54) is 55.5 Å². The van der Waals surface area contributed by atoms with Crippen molar-refractivity contribution in [2.24, 2.45) is 11.5 Å². The number of rotatable bonds is 13. The molecule has 4 amide bonds. The Labute approximate surface area is 218 Å². The average molecular weight is 530 g/mol. The van der Waals surface area contributed by atoms with Crippen LogP contribution in [0.25, 0.3) is 0 Å². The maximum Gasteiger partial charge on any atom is 0.326 e. The molecule has 0 aliphatic heterocycles. The Morgan fingerprint density at radius 3 is 1.53 bits per heavy atom. The number of nitrogens with one attached hydrogen (secondary N) is 3. The van der Waals surface area contributed by atoms with Gasteiger partial charge in [0, 0.05) is 12.8 Å². The van der Waals surface area contributed by atoms with Crippen molar-refractivity contribution in [1.82, 2.24) is 16.0 Å². The zero-order valence-corrected chi connectivity index (χ0v) is 20.6. The van der Waals surface area contributed by atoms with Crippen LogP contribution in [0, 0.1) is 0 Å². The highest BCUT2D eigenvalue weighted by Crippen LogP contribution is 2.14. The van der Waals surface area contributed by atoms with Crippen LogP contribution in [0.15, 0.2) is 48.5 Å². The molecule has 0 aromatic heterocycles. The predicted octanol–water partition coefficient (Wildman–Crippen LogP) is -1.36. The lowest BCUT2D eigenvalue weighted by Gasteiger charge is -2.25. The zero-order valence-electron chi connectivity index (χ0n) is 20.6. The molecule has 0 bridgehead atoms. The molecular formula is C25H31N5O8. The molecule has 13 heteroatoms. The molecule has 0 saturated carbocycles. The highest BCUT2D eigenvalue weighted by molar-refractivity contribution is 5.96. The van der Waals surface area contributed by atoms with Crippen molar-refractivity contribution in [1.29, 1.82) is 0 Å². The molecule has 204 valence electrons. The van der Waals surface area contributed by atoms with Gasteiger partial charge in [0.25, 0.3) is 0 Å². The van der Waals surface area contributed by atoms with E-state index in [0.717, 1.165) is 0 Å². The molecule has 0 saturated heterocycles. The van der Waals surface area contributed by atoms with Gasteiger partial charge in [0.2, 0.25) is 23.6 Å². The third-order valence-corrected chi connectivity index (χ3v) is 5.45. The summed E-state index contributed by atoms with van der Waals surface area (Å²) in [6.07, 6.45) is -0.805. The van der Waals surface area contributed by atoms with E-state index in [1.54, 1.807) is 0 Å². The molecule has 10 N–H and O–H groups in total. The van der Waals surface area contributed by atoms with Gasteiger partial charge in [-0.3, -0.25) is 19.2 Å². The average Bonchev–Trinajstić information content (AvgIpc) is 2.84. The van der Waals surface area contributed by atoms with Gasteiger partial charge in [-0.1, -0.05) is 24.3 Å². The van der Waals surface area contributed by atoms with Gasteiger partial charge in [-0.2, -0.15) is 0 Å². The summed E-state index contributed by atoms with van der Waals surface area (Å²) in [6.45, 7) is 1.37. The van der Waals surface area contributed by atoms with E-state index in [-0.39, 0.29) is 24.3 Å². The minimum Gasteiger partial charge on any atom is -0.508 e. The van der Waals surface area contributed by atoms with Crippen molar-refractivity contribution in [2.75, 3.05) is 0 Å². The summed E-state index contributed by atoms with van der Waals surface area (Å²) in [4.78, 5) is 61.6. The first kappa shape index (κ1) is 29.6. The molecule has 0 radical (unpaired) electrons. The standard InChI is InChI=1S/C25H31N5O8/c1-13(26)22(34)28-19(12-21(27)33)24(36)29-18(10-14-2-6-16(31)7-3-14)23(35)30-20(25(37)38)11-15-4-8-17(32)9-5-15/h2-9,13,18-20,31-32H,10-12,26H2,1H3,(H2,27,33)(H,28,34)(H,29,36)(H,30,35)(H,37,38).